The Morgan fingerprint density at radius 2 is 2.05 bits per heavy atom. The Labute approximate surface area is 131 Å². The molecular formula is C19H21FN2. The lowest BCUT2D eigenvalue weighted by molar-refractivity contribution is 0.369. The Balaban J connectivity index is 1.95. The third kappa shape index (κ3) is 2.83. The summed E-state index contributed by atoms with van der Waals surface area (Å²) >= 11 is 0. The second-order valence-corrected chi connectivity index (χ2v) is 6.32. The summed E-state index contributed by atoms with van der Waals surface area (Å²) in [5, 5.41) is 10.3. The first kappa shape index (κ1) is 15.0. The molecule has 3 heteroatoms. The smallest absolute Gasteiger partial charge is 0.123 e. The quantitative estimate of drug-likeness (QED) is 0.714. The lowest BCUT2D eigenvalue weighted by atomic mass is 9.87. The Bertz CT molecular complexity index is 704. The van der Waals surface area contributed by atoms with Gasteiger partial charge in [-0.2, -0.15) is 5.26 Å². The largest absolute Gasteiger partial charge is 0.256 e. The van der Waals surface area contributed by atoms with Gasteiger partial charge in [-0.25, -0.2) is 4.39 Å². The molecule has 3 atom stereocenters. The molecule has 1 aromatic carbocycles. The number of hydrogen-bond acceptors (Lipinski definition) is 2. The van der Waals surface area contributed by atoms with Crippen molar-refractivity contribution in [3.05, 3.63) is 41.8 Å². The predicted octanol–water partition coefficient (Wildman–Crippen LogP) is 5.20. The van der Waals surface area contributed by atoms with Crippen LogP contribution in [0.15, 0.2) is 30.5 Å². The highest BCUT2D eigenvalue weighted by molar-refractivity contribution is 5.82. The molecule has 0 spiro atoms. The Morgan fingerprint density at radius 3 is 2.82 bits per heavy atom. The maximum absolute atomic E-state index is 13.6. The van der Waals surface area contributed by atoms with E-state index in [1.165, 1.54) is 11.6 Å². The highest BCUT2D eigenvalue weighted by atomic mass is 19.1. The van der Waals surface area contributed by atoms with Crippen LogP contribution in [0, 0.1) is 29.0 Å². The fraction of sp³-hybridized carbons (Fsp3) is 0.474. The zero-order valence-electron chi connectivity index (χ0n) is 12.9. The Hall–Kier alpha value is -1.95. The maximum atomic E-state index is 13.6. The Morgan fingerprint density at radius 1 is 1.23 bits per heavy atom. The predicted molar refractivity (Wildman–Crippen MR) is 85.8 cm³/mol. The van der Waals surface area contributed by atoms with Crippen LogP contribution in [0.3, 0.4) is 0 Å². The van der Waals surface area contributed by atoms with Gasteiger partial charge in [-0.05, 0) is 67.3 Å². The van der Waals surface area contributed by atoms with Crippen LogP contribution in [-0.4, -0.2) is 4.98 Å². The van der Waals surface area contributed by atoms with Gasteiger partial charge in [-0.15, -0.1) is 0 Å². The standard InChI is InChI=1S/C19H21FN2/c1-2-13-3-4-14(5-6-15(13)12-21)17-9-10-22-19-8-7-16(20)11-18(17)19/h7-11,13-15H,2-6H2,1H3. The van der Waals surface area contributed by atoms with E-state index < -0.39 is 0 Å². The van der Waals surface area contributed by atoms with Gasteiger partial charge < -0.3 is 0 Å². The van der Waals surface area contributed by atoms with Crippen LogP contribution in [0.5, 0.6) is 0 Å². The number of rotatable bonds is 2. The van der Waals surface area contributed by atoms with Crippen molar-refractivity contribution in [3.63, 3.8) is 0 Å². The SMILES string of the molecule is CCC1CCC(c2ccnc3ccc(F)cc23)CCC1C#N. The minimum atomic E-state index is -0.211. The number of hydrogen-bond donors (Lipinski definition) is 0. The third-order valence-electron chi connectivity index (χ3n) is 5.15. The molecular weight excluding hydrogens is 275 g/mol. The van der Waals surface area contributed by atoms with Gasteiger partial charge in [0, 0.05) is 17.5 Å². The van der Waals surface area contributed by atoms with Gasteiger partial charge in [-0.1, -0.05) is 13.3 Å². The van der Waals surface area contributed by atoms with E-state index in [1.54, 1.807) is 12.1 Å². The average Bonchev–Trinajstić information content (AvgIpc) is 2.76. The van der Waals surface area contributed by atoms with E-state index in [9.17, 15) is 9.65 Å². The average molecular weight is 296 g/mol. The number of fused-ring (bicyclic) bond motifs is 1. The van der Waals surface area contributed by atoms with Crippen molar-refractivity contribution in [3.8, 4) is 6.07 Å². The van der Waals surface area contributed by atoms with Crippen LogP contribution in [0.1, 0.15) is 50.5 Å². The van der Waals surface area contributed by atoms with Crippen molar-refractivity contribution < 1.29 is 4.39 Å². The Kier molecular flexibility index (Phi) is 4.38. The topological polar surface area (TPSA) is 36.7 Å². The van der Waals surface area contributed by atoms with Crippen molar-refractivity contribution in [1.29, 1.82) is 5.26 Å². The number of benzene rings is 1. The molecule has 0 aliphatic heterocycles. The van der Waals surface area contributed by atoms with Crippen LogP contribution in [0.2, 0.25) is 0 Å². The molecule has 22 heavy (non-hydrogen) atoms. The summed E-state index contributed by atoms with van der Waals surface area (Å²) in [5.41, 5.74) is 2.05. The van der Waals surface area contributed by atoms with E-state index in [0.29, 0.717) is 11.8 Å². The maximum Gasteiger partial charge on any atom is 0.123 e. The fourth-order valence-electron chi connectivity index (χ4n) is 3.84. The van der Waals surface area contributed by atoms with E-state index in [1.807, 2.05) is 12.3 Å². The van der Waals surface area contributed by atoms with E-state index in [2.05, 4.69) is 18.0 Å². The van der Waals surface area contributed by atoms with E-state index >= 15 is 0 Å². The van der Waals surface area contributed by atoms with Gasteiger partial charge in [-0.3, -0.25) is 4.98 Å². The van der Waals surface area contributed by atoms with Gasteiger partial charge in [0.25, 0.3) is 0 Å². The minimum absolute atomic E-state index is 0.167. The van der Waals surface area contributed by atoms with E-state index in [0.717, 1.165) is 43.0 Å². The molecule has 1 aliphatic rings. The molecule has 0 amide bonds. The zero-order valence-corrected chi connectivity index (χ0v) is 12.9. The lowest BCUT2D eigenvalue weighted by Crippen LogP contribution is -2.09. The van der Waals surface area contributed by atoms with Gasteiger partial charge in [0.15, 0.2) is 0 Å². The van der Waals surface area contributed by atoms with Crippen LogP contribution < -0.4 is 0 Å². The van der Waals surface area contributed by atoms with Gasteiger partial charge >= 0.3 is 0 Å². The molecule has 3 unspecified atom stereocenters. The summed E-state index contributed by atoms with van der Waals surface area (Å²) in [6.45, 7) is 2.17. The lowest BCUT2D eigenvalue weighted by Gasteiger charge is -2.17. The summed E-state index contributed by atoms with van der Waals surface area (Å²) in [4.78, 5) is 4.34. The molecule has 0 radical (unpaired) electrons. The van der Waals surface area contributed by atoms with Gasteiger partial charge in [0.2, 0.25) is 0 Å². The summed E-state index contributed by atoms with van der Waals surface area (Å²) in [6.07, 6.45) is 6.99. The molecule has 0 N–H and O–H groups in total. The first-order valence-corrected chi connectivity index (χ1v) is 8.16. The second-order valence-electron chi connectivity index (χ2n) is 6.32. The van der Waals surface area contributed by atoms with Gasteiger partial charge in [0.1, 0.15) is 5.82 Å². The summed E-state index contributed by atoms with van der Waals surface area (Å²) < 4.78 is 13.6. The first-order valence-electron chi connectivity index (χ1n) is 8.16. The number of nitrogens with zero attached hydrogens (tertiary/aromatic N) is 2. The van der Waals surface area contributed by atoms with E-state index in [-0.39, 0.29) is 11.7 Å². The molecule has 0 bridgehead atoms. The molecule has 1 heterocycles. The molecule has 1 aliphatic carbocycles. The van der Waals surface area contributed by atoms with Gasteiger partial charge in [0.05, 0.1) is 11.6 Å². The van der Waals surface area contributed by atoms with E-state index in [4.69, 9.17) is 0 Å². The highest BCUT2D eigenvalue weighted by Crippen LogP contribution is 2.40. The normalized spacial score (nSPS) is 25.6. The molecule has 114 valence electrons. The van der Waals surface area contributed by atoms with Crippen molar-refractivity contribution in [2.24, 2.45) is 11.8 Å². The van der Waals surface area contributed by atoms with Crippen LogP contribution in [0.25, 0.3) is 10.9 Å². The third-order valence-corrected chi connectivity index (χ3v) is 5.15. The second kappa shape index (κ2) is 6.44. The number of aromatic nitrogens is 1. The number of pyridine rings is 1. The van der Waals surface area contributed by atoms with Crippen molar-refractivity contribution in [1.82, 2.24) is 4.98 Å². The van der Waals surface area contributed by atoms with Crippen LogP contribution >= 0.6 is 0 Å². The molecule has 2 nitrogen and oxygen atoms in total. The molecule has 0 saturated heterocycles. The molecule has 1 saturated carbocycles. The number of nitriles is 1. The van der Waals surface area contributed by atoms with Crippen LogP contribution in [0.4, 0.5) is 4.39 Å². The summed E-state index contributed by atoms with van der Waals surface area (Å²) in [6, 6.07) is 9.33. The summed E-state index contributed by atoms with van der Waals surface area (Å²) in [5.74, 6) is 0.857. The summed E-state index contributed by atoms with van der Waals surface area (Å²) in [7, 11) is 0. The fourth-order valence-corrected chi connectivity index (χ4v) is 3.84. The zero-order chi connectivity index (χ0) is 15.5. The first-order chi connectivity index (χ1) is 10.7. The van der Waals surface area contributed by atoms with Crippen molar-refractivity contribution >= 4 is 10.9 Å². The van der Waals surface area contributed by atoms with Crippen molar-refractivity contribution in [2.45, 2.75) is 44.9 Å². The van der Waals surface area contributed by atoms with Crippen LogP contribution in [-0.2, 0) is 0 Å². The highest BCUT2D eigenvalue weighted by Gasteiger charge is 2.27. The van der Waals surface area contributed by atoms with Crippen molar-refractivity contribution in [2.75, 3.05) is 0 Å². The molecule has 1 aromatic heterocycles. The molecule has 2 aromatic rings. The minimum Gasteiger partial charge on any atom is -0.256 e. The number of halogens is 1. The molecule has 1 fully saturated rings. The molecule has 3 rings (SSSR count). The monoisotopic (exact) mass is 296 g/mol.